The maximum absolute atomic E-state index is 13.4. The van der Waals surface area contributed by atoms with Gasteiger partial charge in [0, 0.05) is 17.9 Å². The second-order valence-corrected chi connectivity index (χ2v) is 9.10. The second kappa shape index (κ2) is 8.18. The minimum Gasteiger partial charge on any atom is -0.490 e. The highest BCUT2D eigenvalue weighted by Crippen LogP contribution is 2.34. The van der Waals surface area contributed by atoms with Gasteiger partial charge in [-0.3, -0.25) is 0 Å². The van der Waals surface area contributed by atoms with Crippen LogP contribution in [0.15, 0.2) is 76.0 Å². The van der Waals surface area contributed by atoms with Gasteiger partial charge in [0.1, 0.15) is 23.2 Å². The molecule has 0 saturated heterocycles. The molecule has 0 radical (unpaired) electrons. The van der Waals surface area contributed by atoms with Gasteiger partial charge in [-0.1, -0.05) is 24.3 Å². The SMILES string of the molecule is Nc1cccc([C@@H](NS(=O)(=O)c2ccc3c(c2)OCCCO3)c2cc3ccccc3o2)n1. The summed E-state index contributed by atoms with van der Waals surface area (Å²) in [6.45, 7) is 0.978. The topological polar surface area (TPSA) is 117 Å². The third kappa shape index (κ3) is 4.00. The number of ether oxygens (including phenoxy) is 2. The minimum absolute atomic E-state index is 0.0479. The van der Waals surface area contributed by atoms with Crippen LogP contribution in [0.3, 0.4) is 0 Å². The van der Waals surface area contributed by atoms with E-state index in [0.29, 0.717) is 41.7 Å². The molecule has 0 amide bonds. The quantitative estimate of drug-likeness (QED) is 0.476. The van der Waals surface area contributed by atoms with Gasteiger partial charge in [-0.05, 0) is 36.4 Å². The fourth-order valence-electron chi connectivity index (χ4n) is 3.57. The Hall–Kier alpha value is -3.56. The first-order chi connectivity index (χ1) is 15.5. The van der Waals surface area contributed by atoms with Crippen molar-refractivity contribution in [2.24, 2.45) is 0 Å². The van der Waals surface area contributed by atoms with Gasteiger partial charge in [-0.25, -0.2) is 13.4 Å². The van der Waals surface area contributed by atoms with Gasteiger partial charge in [0.2, 0.25) is 10.0 Å². The number of pyridine rings is 1. The Morgan fingerprint density at radius 2 is 1.75 bits per heavy atom. The van der Waals surface area contributed by atoms with Crippen LogP contribution < -0.4 is 19.9 Å². The number of nitrogens with two attached hydrogens (primary N) is 1. The van der Waals surface area contributed by atoms with Crippen LogP contribution in [0.1, 0.15) is 23.9 Å². The lowest BCUT2D eigenvalue weighted by atomic mass is 10.1. The van der Waals surface area contributed by atoms with Crippen molar-refractivity contribution in [2.75, 3.05) is 18.9 Å². The number of hydrogen-bond donors (Lipinski definition) is 2. The molecule has 0 saturated carbocycles. The van der Waals surface area contributed by atoms with Crippen LogP contribution in [0.5, 0.6) is 11.5 Å². The first-order valence-electron chi connectivity index (χ1n) is 10.1. The second-order valence-electron chi connectivity index (χ2n) is 7.39. The minimum atomic E-state index is -3.98. The van der Waals surface area contributed by atoms with Crippen LogP contribution in [0.4, 0.5) is 5.82 Å². The van der Waals surface area contributed by atoms with E-state index in [2.05, 4.69) is 9.71 Å². The zero-order valence-corrected chi connectivity index (χ0v) is 17.8. The Morgan fingerprint density at radius 1 is 0.938 bits per heavy atom. The fourth-order valence-corrected chi connectivity index (χ4v) is 4.77. The summed E-state index contributed by atoms with van der Waals surface area (Å²) in [5.74, 6) is 1.60. The Morgan fingerprint density at radius 3 is 2.56 bits per heavy atom. The molecule has 0 unspecified atom stereocenters. The van der Waals surface area contributed by atoms with E-state index < -0.39 is 16.1 Å². The molecule has 3 heterocycles. The molecule has 0 spiro atoms. The normalized spacial score (nSPS) is 14.8. The predicted molar refractivity (Wildman–Crippen MR) is 119 cm³/mol. The molecule has 1 atom stereocenters. The molecule has 4 aromatic rings. The van der Waals surface area contributed by atoms with Gasteiger partial charge in [0.15, 0.2) is 11.5 Å². The van der Waals surface area contributed by atoms with Crippen LogP contribution in [0, 0.1) is 0 Å². The van der Waals surface area contributed by atoms with Gasteiger partial charge in [0.25, 0.3) is 0 Å². The molecule has 0 aliphatic carbocycles. The number of furan rings is 1. The van der Waals surface area contributed by atoms with Crippen molar-refractivity contribution in [3.63, 3.8) is 0 Å². The van der Waals surface area contributed by atoms with Crippen molar-refractivity contribution in [2.45, 2.75) is 17.4 Å². The van der Waals surface area contributed by atoms with Gasteiger partial charge in [-0.2, -0.15) is 4.72 Å². The van der Waals surface area contributed by atoms with Gasteiger partial charge < -0.3 is 19.6 Å². The smallest absolute Gasteiger partial charge is 0.241 e. The van der Waals surface area contributed by atoms with E-state index >= 15 is 0 Å². The number of sulfonamides is 1. The molecule has 1 aliphatic rings. The van der Waals surface area contributed by atoms with Crippen LogP contribution in [0.25, 0.3) is 11.0 Å². The molecule has 2 aromatic heterocycles. The number of nitrogens with zero attached hydrogens (tertiary/aromatic N) is 1. The number of aromatic nitrogens is 1. The Labute approximate surface area is 185 Å². The fraction of sp³-hybridized carbons (Fsp3) is 0.174. The highest BCUT2D eigenvalue weighted by atomic mass is 32.2. The molecule has 0 bridgehead atoms. The van der Waals surface area contributed by atoms with E-state index in [9.17, 15) is 8.42 Å². The van der Waals surface area contributed by atoms with Crippen molar-refractivity contribution < 1.29 is 22.3 Å². The number of nitrogen functional groups attached to an aromatic ring is 1. The van der Waals surface area contributed by atoms with E-state index in [0.717, 1.165) is 11.8 Å². The van der Waals surface area contributed by atoms with Crippen molar-refractivity contribution >= 4 is 26.8 Å². The summed E-state index contributed by atoms with van der Waals surface area (Å²) in [7, 11) is -3.98. The van der Waals surface area contributed by atoms with Gasteiger partial charge >= 0.3 is 0 Å². The summed E-state index contributed by atoms with van der Waals surface area (Å²) in [5.41, 5.74) is 6.93. The maximum Gasteiger partial charge on any atom is 0.241 e. The molecular formula is C23H21N3O5S. The summed E-state index contributed by atoms with van der Waals surface area (Å²) < 4.78 is 46.6. The van der Waals surface area contributed by atoms with Crippen molar-refractivity contribution in [3.8, 4) is 11.5 Å². The summed E-state index contributed by atoms with van der Waals surface area (Å²) in [6.07, 6.45) is 0.726. The molecule has 1 aliphatic heterocycles. The molecule has 2 aromatic carbocycles. The predicted octanol–water partition coefficient (Wildman–Crippen LogP) is 3.64. The van der Waals surface area contributed by atoms with Crippen LogP contribution >= 0.6 is 0 Å². The van der Waals surface area contributed by atoms with E-state index in [-0.39, 0.29) is 10.7 Å². The monoisotopic (exact) mass is 451 g/mol. The Bertz CT molecular complexity index is 1350. The molecule has 8 nitrogen and oxygen atoms in total. The molecule has 0 fully saturated rings. The van der Waals surface area contributed by atoms with Crippen molar-refractivity contribution in [1.82, 2.24) is 9.71 Å². The van der Waals surface area contributed by atoms with Crippen molar-refractivity contribution in [3.05, 3.63) is 78.2 Å². The lowest BCUT2D eigenvalue weighted by Gasteiger charge is -2.17. The van der Waals surface area contributed by atoms with Crippen LogP contribution in [-0.4, -0.2) is 26.6 Å². The lowest BCUT2D eigenvalue weighted by Crippen LogP contribution is -2.30. The highest BCUT2D eigenvalue weighted by Gasteiger charge is 2.28. The summed E-state index contributed by atoms with van der Waals surface area (Å²) in [6, 6.07) is 18.0. The Balaban J connectivity index is 1.55. The van der Waals surface area contributed by atoms with Crippen LogP contribution in [0.2, 0.25) is 0 Å². The van der Waals surface area contributed by atoms with Gasteiger partial charge in [-0.15, -0.1) is 0 Å². The third-order valence-electron chi connectivity index (χ3n) is 5.12. The van der Waals surface area contributed by atoms with E-state index in [4.69, 9.17) is 19.6 Å². The average molecular weight is 452 g/mol. The van der Waals surface area contributed by atoms with Crippen LogP contribution in [-0.2, 0) is 10.0 Å². The zero-order chi connectivity index (χ0) is 22.1. The maximum atomic E-state index is 13.4. The highest BCUT2D eigenvalue weighted by molar-refractivity contribution is 7.89. The molecule has 5 rings (SSSR count). The number of rotatable bonds is 5. The van der Waals surface area contributed by atoms with E-state index in [1.54, 1.807) is 30.3 Å². The summed E-state index contributed by atoms with van der Waals surface area (Å²) >= 11 is 0. The summed E-state index contributed by atoms with van der Waals surface area (Å²) in [4.78, 5) is 4.37. The molecule has 32 heavy (non-hydrogen) atoms. The number of anilines is 1. The number of hydrogen-bond acceptors (Lipinski definition) is 7. The molecule has 164 valence electrons. The van der Waals surface area contributed by atoms with E-state index in [1.165, 1.54) is 12.1 Å². The number of nitrogens with one attached hydrogen (secondary N) is 1. The molecule has 9 heteroatoms. The molecular weight excluding hydrogens is 430 g/mol. The first kappa shape index (κ1) is 20.3. The number of benzene rings is 2. The lowest BCUT2D eigenvalue weighted by molar-refractivity contribution is 0.297. The standard InChI is InChI=1S/C23H21N3O5S/c24-22-8-3-6-17(25-22)23(21-13-15-5-1-2-7-18(15)31-21)26-32(27,28)16-9-10-19-20(14-16)30-12-4-11-29-19/h1-3,5-10,13-14,23,26H,4,11-12H2,(H2,24,25)/t23-/m1/s1. The van der Waals surface area contributed by atoms with Gasteiger partial charge in [0.05, 0.1) is 23.8 Å². The average Bonchev–Trinajstić information content (AvgIpc) is 3.07. The molecule has 3 N–H and O–H groups in total. The number of fused-ring (bicyclic) bond motifs is 2. The summed E-state index contributed by atoms with van der Waals surface area (Å²) in [5, 5.41) is 0.853. The first-order valence-corrected chi connectivity index (χ1v) is 11.6. The zero-order valence-electron chi connectivity index (χ0n) is 17.0. The van der Waals surface area contributed by atoms with E-state index in [1.807, 2.05) is 24.3 Å². The number of para-hydroxylation sites is 1. The largest absolute Gasteiger partial charge is 0.490 e. The van der Waals surface area contributed by atoms with Crippen molar-refractivity contribution in [1.29, 1.82) is 0 Å². The Kier molecular flexibility index (Phi) is 5.20. The third-order valence-corrected chi connectivity index (χ3v) is 6.54.